The van der Waals surface area contributed by atoms with Gasteiger partial charge in [0.05, 0.1) is 5.02 Å². The van der Waals surface area contributed by atoms with E-state index in [1.807, 2.05) is 0 Å². The first-order valence-corrected chi connectivity index (χ1v) is 5.52. The van der Waals surface area contributed by atoms with Gasteiger partial charge < -0.3 is 4.74 Å². The van der Waals surface area contributed by atoms with Crippen LogP contribution >= 0.6 is 34.8 Å². The van der Waals surface area contributed by atoms with Gasteiger partial charge in [0.2, 0.25) is 5.88 Å². The van der Waals surface area contributed by atoms with E-state index in [9.17, 15) is 0 Å². The fourth-order valence-corrected chi connectivity index (χ4v) is 1.75. The molecule has 0 aliphatic rings. The van der Waals surface area contributed by atoms with Crippen molar-refractivity contribution in [2.45, 2.75) is 0 Å². The lowest BCUT2D eigenvalue weighted by molar-refractivity contribution is 0.463. The molecule has 1 heterocycles. The Balaban J connectivity index is 2.23. The normalized spacial score (nSPS) is 10.2. The Labute approximate surface area is 108 Å². The first-order valence-electron chi connectivity index (χ1n) is 4.39. The summed E-state index contributed by atoms with van der Waals surface area (Å²) in [7, 11) is 0. The number of halogens is 3. The molecule has 0 saturated carbocycles. The molecule has 0 amide bonds. The van der Waals surface area contributed by atoms with E-state index in [-0.39, 0.29) is 0 Å². The molecular weight excluding hydrogens is 268 g/mol. The molecule has 0 bridgehead atoms. The maximum Gasteiger partial charge on any atom is 0.219 e. The SMILES string of the molecule is Clc1ccc(Oc2cc(Cl)cc(Cl)c2)nc1. The molecule has 2 aromatic rings. The van der Waals surface area contributed by atoms with Gasteiger partial charge in [-0.1, -0.05) is 34.8 Å². The fourth-order valence-electron chi connectivity index (χ4n) is 1.13. The summed E-state index contributed by atoms with van der Waals surface area (Å²) in [6.07, 6.45) is 1.50. The van der Waals surface area contributed by atoms with Crippen LogP contribution < -0.4 is 4.74 Å². The average molecular weight is 275 g/mol. The summed E-state index contributed by atoms with van der Waals surface area (Å²) in [5, 5.41) is 1.57. The zero-order chi connectivity index (χ0) is 11.5. The van der Waals surface area contributed by atoms with Gasteiger partial charge >= 0.3 is 0 Å². The lowest BCUT2D eigenvalue weighted by Crippen LogP contribution is -1.87. The Bertz CT molecular complexity index is 479. The smallest absolute Gasteiger partial charge is 0.219 e. The number of hydrogen-bond acceptors (Lipinski definition) is 2. The summed E-state index contributed by atoms with van der Waals surface area (Å²) in [6, 6.07) is 8.30. The Kier molecular flexibility index (Phi) is 3.54. The number of rotatable bonds is 2. The zero-order valence-electron chi connectivity index (χ0n) is 7.95. The van der Waals surface area contributed by atoms with Crippen LogP contribution in [0.3, 0.4) is 0 Å². The van der Waals surface area contributed by atoms with Crippen molar-refractivity contribution in [1.82, 2.24) is 4.98 Å². The molecule has 2 nitrogen and oxygen atoms in total. The zero-order valence-corrected chi connectivity index (χ0v) is 10.2. The van der Waals surface area contributed by atoms with Gasteiger partial charge in [-0.3, -0.25) is 0 Å². The summed E-state index contributed by atoms with van der Waals surface area (Å²) in [6.45, 7) is 0. The molecule has 0 aliphatic carbocycles. The van der Waals surface area contributed by atoms with Gasteiger partial charge in [-0.05, 0) is 24.3 Å². The van der Waals surface area contributed by atoms with Crippen LogP contribution in [0.2, 0.25) is 15.1 Å². The van der Waals surface area contributed by atoms with Crippen molar-refractivity contribution in [2.24, 2.45) is 0 Å². The molecule has 0 saturated heterocycles. The Morgan fingerprint density at radius 2 is 1.56 bits per heavy atom. The molecule has 0 radical (unpaired) electrons. The highest BCUT2D eigenvalue weighted by Gasteiger charge is 2.01. The second-order valence-electron chi connectivity index (χ2n) is 3.02. The van der Waals surface area contributed by atoms with Crippen molar-refractivity contribution in [3.05, 3.63) is 51.6 Å². The molecule has 1 aromatic carbocycles. The topological polar surface area (TPSA) is 22.1 Å². The largest absolute Gasteiger partial charge is 0.439 e. The van der Waals surface area contributed by atoms with Crippen LogP contribution in [0.4, 0.5) is 0 Å². The number of nitrogens with zero attached hydrogens (tertiary/aromatic N) is 1. The molecule has 0 aliphatic heterocycles. The van der Waals surface area contributed by atoms with E-state index in [0.29, 0.717) is 26.7 Å². The molecule has 0 spiro atoms. The number of pyridine rings is 1. The van der Waals surface area contributed by atoms with Gasteiger partial charge in [0.15, 0.2) is 0 Å². The van der Waals surface area contributed by atoms with Crippen molar-refractivity contribution in [3.8, 4) is 11.6 Å². The molecule has 82 valence electrons. The van der Waals surface area contributed by atoms with E-state index in [0.717, 1.165) is 0 Å². The number of hydrogen-bond donors (Lipinski definition) is 0. The van der Waals surface area contributed by atoms with Crippen molar-refractivity contribution < 1.29 is 4.74 Å². The minimum Gasteiger partial charge on any atom is -0.439 e. The van der Waals surface area contributed by atoms with Crippen LogP contribution in [0, 0.1) is 0 Å². The maximum atomic E-state index is 5.84. The molecule has 0 unspecified atom stereocenters. The van der Waals surface area contributed by atoms with Crippen molar-refractivity contribution in [3.63, 3.8) is 0 Å². The molecule has 0 fully saturated rings. The lowest BCUT2D eigenvalue weighted by Gasteiger charge is -2.05. The molecule has 0 N–H and O–H groups in total. The second kappa shape index (κ2) is 4.91. The van der Waals surface area contributed by atoms with Crippen LogP contribution in [-0.2, 0) is 0 Å². The Hall–Kier alpha value is -0.960. The number of aromatic nitrogens is 1. The van der Waals surface area contributed by atoms with Gasteiger partial charge in [-0.15, -0.1) is 0 Å². The highest BCUT2D eigenvalue weighted by molar-refractivity contribution is 6.34. The summed E-state index contributed by atoms with van der Waals surface area (Å²) in [4.78, 5) is 3.99. The number of benzene rings is 1. The van der Waals surface area contributed by atoms with Gasteiger partial charge in [0.25, 0.3) is 0 Å². The third-order valence-corrected chi connectivity index (χ3v) is 2.42. The summed E-state index contributed by atoms with van der Waals surface area (Å²) >= 11 is 17.4. The van der Waals surface area contributed by atoms with Gasteiger partial charge in [-0.2, -0.15) is 0 Å². The van der Waals surface area contributed by atoms with E-state index in [4.69, 9.17) is 39.5 Å². The van der Waals surface area contributed by atoms with Crippen LogP contribution in [0.15, 0.2) is 36.5 Å². The Morgan fingerprint density at radius 3 is 2.12 bits per heavy atom. The minimum absolute atomic E-state index is 0.433. The predicted molar refractivity (Wildman–Crippen MR) is 65.8 cm³/mol. The van der Waals surface area contributed by atoms with Gasteiger partial charge in [-0.25, -0.2) is 4.98 Å². The van der Waals surface area contributed by atoms with Crippen LogP contribution in [-0.4, -0.2) is 4.98 Å². The molecule has 0 atom stereocenters. The summed E-state index contributed by atoms with van der Waals surface area (Å²) < 4.78 is 5.46. The van der Waals surface area contributed by atoms with E-state index in [1.165, 1.54) is 6.20 Å². The lowest BCUT2D eigenvalue weighted by atomic mass is 10.3. The average Bonchev–Trinajstić information content (AvgIpc) is 2.20. The van der Waals surface area contributed by atoms with Crippen molar-refractivity contribution >= 4 is 34.8 Å². The molecular formula is C11H6Cl3NO. The van der Waals surface area contributed by atoms with Gasteiger partial charge in [0.1, 0.15) is 5.75 Å². The highest BCUT2D eigenvalue weighted by Crippen LogP contribution is 2.27. The van der Waals surface area contributed by atoms with Crippen LogP contribution in [0.1, 0.15) is 0 Å². The minimum atomic E-state index is 0.433. The second-order valence-corrected chi connectivity index (χ2v) is 4.33. The first-order chi connectivity index (χ1) is 7.63. The monoisotopic (exact) mass is 273 g/mol. The quantitative estimate of drug-likeness (QED) is 0.782. The predicted octanol–water partition coefficient (Wildman–Crippen LogP) is 4.83. The third-order valence-electron chi connectivity index (χ3n) is 1.76. The molecule has 2 rings (SSSR count). The Morgan fingerprint density at radius 1 is 0.875 bits per heavy atom. The highest BCUT2D eigenvalue weighted by atomic mass is 35.5. The van der Waals surface area contributed by atoms with E-state index in [2.05, 4.69) is 4.98 Å². The van der Waals surface area contributed by atoms with Crippen molar-refractivity contribution in [2.75, 3.05) is 0 Å². The number of ether oxygens (including phenoxy) is 1. The van der Waals surface area contributed by atoms with E-state index >= 15 is 0 Å². The molecule has 5 heteroatoms. The standard InChI is InChI=1S/C11H6Cl3NO/c12-7-1-2-11(15-6-7)16-10-4-8(13)3-9(14)5-10/h1-6H. The fraction of sp³-hybridized carbons (Fsp3) is 0. The van der Waals surface area contributed by atoms with Crippen molar-refractivity contribution in [1.29, 1.82) is 0 Å². The van der Waals surface area contributed by atoms with Crippen LogP contribution in [0.5, 0.6) is 11.6 Å². The van der Waals surface area contributed by atoms with E-state index < -0.39 is 0 Å². The molecule has 16 heavy (non-hydrogen) atoms. The van der Waals surface area contributed by atoms with Crippen LogP contribution in [0.25, 0.3) is 0 Å². The summed E-state index contributed by atoms with van der Waals surface area (Å²) in [5.74, 6) is 0.968. The maximum absolute atomic E-state index is 5.84. The van der Waals surface area contributed by atoms with E-state index in [1.54, 1.807) is 30.3 Å². The molecule has 1 aromatic heterocycles. The third kappa shape index (κ3) is 3.01. The summed E-state index contributed by atoms with van der Waals surface area (Å²) in [5.41, 5.74) is 0. The van der Waals surface area contributed by atoms with Gasteiger partial charge in [0, 0.05) is 22.3 Å². The first kappa shape index (κ1) is 11.5.